The Morgan fingerprint density at radius 2 is 2.11 bits per heavy atom. The molecule has 4 rings (SSSR count). The lowest BCUT2D eigenvalue weighted by molar-refractivity contribution is -0.115. The van der Waals surface area contributed by atoms with E-state index in [4.69, 9.17) is 0 Å². The Balaban J connectivity index is 1.43. The van der Waals surface area contributed by atoms with Crippen LogP contribution in [0.5, 0.6) is 0 Å². The molecule has 1 fully saturated rings. The van der Waals surface area contributed by atoms with E-state index < -0.39 is 10.0 Å². The third kappa shape index (κ3) is 4.29. The number of anilines is 2. The van der Waals surface area contributed by atoms with Gasteiger partial charge in [0, 0.05) is 27.5 Å². The van der Waals surface area contributed by atoms with Gasteiger partial charge >= 0.3 is 0 Å². The van der Waals surface area contributed by atoms with Crippen molar-refractivity contribution >= 4 is 65.9 Å². The quantitative estimate of drug-likeness (QED) is 0.567. The van der Waals surface area contributed by atoms with E-state index in [1.54, 1.807) is 35.6 Å². The number of hydrogen-bond donors (Lipinski definition) is 1. The van der Waals surface area contributed by atoms with Crippen molar-refractivity contribution in [1.82, 2.24) is 4.98 Å². The summed E-state index contributed by atoms with van der Waals surface area (Å²) in [5.74, 6) is -0.0260. The highest BCUT2D eigenvalue weighted by atomic mass is 79.9. The first kappa shape index (κ1) is 19.6. The van der Waals surface area contributed by atoms with Gasteiger partial charge in [-0.25, -0.2) is 13.4 Å². The molecule has 0 aliphatic carbocycles. The van der Waals surface area contributed by atoms with Crippen LogP contribution in [0.15, 0.2) is 45.6 Å². The fourth-order valence-corrected chi connectivity index (χ4v) is 6.85. The number of carbonyl (C=O) groups excluding carboxylic acids is 1. The monoisotopic (exact) mass is 497 g/mol. The lowest BCUT2D eigenvalue weighted by Gasteiger charge is -2.17. The third-order valence-corrected chi connectivity index (χ3v) is 8.81. The van der Waals surface area contributed by atoms with Crippen molar-refractivity contribution in [3.63, 3.8) is 0 Å². The molecule has 3 aromatic rings. The molecule has 2 aromatic heterocycles. The molecule has 0 saturated carbocycles. The van der Waals surface area contributed by atoms with Gasteiger partial charge in [0.1, 0.15) is 5.01 Å². The van der Waals surface area contributed by atoms with Gasteiger partial charge in [-0.2, -0.15) is 0 Å². The zero-order valence-corrected chi connectivity index (χ0v) is 18.6. The number of halogens is 1. The van der Waals surface area contributed by atoms with Gasteiger partial charge in [-0.05, 0) is 46.6 Å². The molecule has 6 nitrogen and oxygen atoms in total. The van der Waals surface area contributed by atoms with Gasteiger partial charge in [-0.1, -0.05) is 6.07 Å². The summed E-state index contributed by atoms with van der Waals surface area (Å²) in [5, 5.41) is 7.60. The topological polar surface area (TPSA) is 79.4 Å². The van der Waals surface area contributed by atoms with Gasteiger partial charge in [-0.3, -0.25) is 9.10 Å². The number of thiazole rings is 1. The van der Waals surface area contributed by atoms with E-state index in [9.17, 15) is 13.2 Å². The lowest BCUT2D eigenvalue weighted by atomic mass is 10.2. The van der Waals surface area contributed by atoms with Crippen LogP contribution in [0, 0.1) is 0 Å². The fraction of sp³-hybridized carbons (Fsp3) is 0.222. The van der Waals surface area contributed by atoms with Crippen molar-refractivity contribution in [2.45, 2.75) is 12.8 Å². The van der Waals surface area contributed by atoms with Crippen LogP contribution in [-0.2, 0) is 21.2 Å². The molecule has 1 saturated heterocycles. The highest BCUT2D eigenvalue weighted by molar-refractivity contribution is 9.10. The normalized spacial score (nSPS) is 15.7. The van der Waals surface area contributed by atoms with Gasteiger partial charge in [0.15, 0.2) is 0 Å². The predicted octanol–water partition coefficient (Wildman–Crippen LogP) is 4.36. The number of nitrogens with zero attached hydrogens (tertiary/aromatic N) is 2. The van der Waals surface area contributed by atoms with Crippen molar-refractivity contribution in [2.24, 2.45) is 0 Å². The average molecular weight is 498 g/mol. The van der Waals surface area contributed by atoms with E-state index in [0.717, 1.165) is 14.4 Å². The SMILES string of the molecule is O=C(Cc1csc(-c2cc(Br)cs2)n1)Nc1cccc(N2CCCS2(=O)=O)c1. The minimum Gasteiger partial charge on any atom is -0.326 e. The average Bonchev–Trinajstić information content (AvgIpc) is 3.35. The molecule has 28 heavy (non-hydrogen) atoms. The van der Waals surface area contributed by atoms with Gasteiger partial charge < -0.3 is 5.32 Å². The minimum atomic E-state index is -3.25. The Kier molecular flexibility index (Phi) is 5.55. The lowest BCUT2D eigenvalue weighted by Crippen LogP contribution is -2.25. The van der Waals surface area contributed by atoms with Crippen LogP contribution in [0.3, 0.4) is 0 Å². The van der Waals surface area contributed by atoms with Crippen molar-refractivity contribution in [1.29, 1.82) is 0 Å². The summed E-state index contributed by atoms with van der Waals surface area (Å²) < 4.78 is 26.6. The van der Waals surface area contributed by atoms with Gasteiger partial charge in [0.05, 0.1) is 28.4 Å². The number of rotatable bonds is 5. The van der Waals surface area contributed by atoms with Crippen molar-refractivity contribution in [2.75, 3.05) is 21.9 Å². The first-order valence-corrected chi connectivity index (χ1v) is 12.7. The van der Waals surface area contributed by atoms with Crippen LogP contribution >= 0.6 is 38.6 Å². The maximum atomic E-state index is 12.4. The number of carbonyl (C=O) groups is 1. The van der Waals surface area contributed by atoms with Gasteiger partial charge in [0.25, 0.3) is 0 Å². The van der Waals surface area contributed by atoms with Crippen molar-refractivity contribution in [3.05, 3.63) is 51.3 Å². The third-order valence-electron chi connectivity index (χ3n) is 4.19. The van der Waals surface area contributed by atoms with Crippen molar-refractivity contribution < 1.29 is 13.2 Å². The summed E-state index contributed by atoms with van der Waals surface area (Å²) >= 11 is 6.54. The molecule has 1 N–H and O–H groups in total. The molecular weight excluding hydrogens is 482 g/mol. The van der Waals surface area contributed by atoms with E-state index in [-0.39, 0.29) is 18.1 Å². The van der Waals surface area contributed by atoms with Crippen LogP contribution in [0.4, 0.5) is 11.4 Å². The van der Waals surface area contributed by atoms with E-state index in [1.807, 2.05) is 16.8 Å². The summed E-state index contributed by atoms with van der Waals surface area (Å²) in [6.07, 6.45) is 0.779. The summed E-state index contributed by atoms with van der Waals surface area (Å²) in [4.78, 5) is 18.0. The number of benzene rings is 1. The number of hydrogen-bond acceptors (Lipinski definition) is 6. The summed E-state index contributed by atoms with van der Waals surface area (Å²) in [6, 6.07) is 8.93. The van der Waals surface area contributed by atoms with Crippen LogP contribution < -0.4 is 9.62 Å². The molecule has 0 radical (unpaired) electrons. The number of aromatic nitrogens is 1. The molecule has 1 aliphatic rings. The molecule has 0 bridgehead atoms. The molecule has 1 amide bonds. The second-order valence-corrected chi connectivity index (χ2v) is 11.0. The van der Waals surface area contributed by atoms with Gasteiger partial charge in [-0.15, -0.1) is 22.7 Å². The molecule has 1 aromatic carbocycles. The van der Waals surface area contributed by atoms with Crippen LogP contribution in [0.2, 0.25) is 0 Å². The van der Waals surface area contributed by atoms with E-state index in [2.05, 4.69) is 26.2 Å². The molecule has 0 atom stereocenters. The second kappa shape index (κ2) is 7.94. The molecule has 3 heterocycles. The Morgan fingerprint density at radius 3 is 2.82 bits per heavy atom. The highest BCUT2D eigenvalue weighted by Crippen LogP contribution is 2.32. The standard InChI is InChI=1S/C18H16BrN3O3S3/c19-12-7-16(26-10-12)18-21-14(11-27-18)9-17(23)20-13-3-1-4-15(8-13)22-5-2-6-28(22,24)25/h1,3-4,7-8,10-11H,2,5-6,9H2,(H,20,23). The van der Waals surface area contributed by atoms with Crippen LogP contribution in [-0.4, -0.2) is 31.6 Å². The zero-order chi connectivity index (χ0) is 19.7. The molecule has 1 aliphatic heterocycles. The first-order valence-electron chi connectivity index (χ1n) is 8.50. The number of nitrogens with one attached hydrogen (secondary N) is 1. The summed E-state index contributed by atoms with van der Waals surface area (Å²) in [5.41, 5.74) is 1.86. The number of thiophene rings is 1. The van der Waals surface area contributed by atoms with E-state index >= 15 is 0 Å². The largest absolute Gasteiger partial charge is 0.326 e. The Hall–Kier alpha value is -1.75. The van der Waals surface area contributed by atoms with Crippen LogP contribution in [0.1, 0.15) is 12.1 Å². The Bertz CT molecular complexity index is 1120. The maximum Gasteiger partial charge on any atom is 0.235 e. The molecule has 146 valence electrons. The molecule has 10 heteroatoms. The van der Waals surface area contributed by atoms with E-state index in [0.29, 0.717) is 30.0 Å². The fourth-order valence-electron chi connectivity index (χ4n) is 2.96. The Labute approximate surface area is 179 Å². The number of sulfonamides is 1. The van der Waals surface area contributed by atoms with Crippen molar-refractivity contribution in [3.8, 4) is 9.88 Å². The van der Waals surface area contributed by atoms with Crippen LogP contribution in [0.25, 0.3) is 9.88 Å². The maximum absolute atomic E-state index is 12.4. The highest BCUT2D eigenvalue weighted by Gasteiger charge is 2.28. The van der Waals surface area contributed by atoms with Gasteiger partial charge in [0.2, 0.25) is 15.9 Å². The first-order chi connectivity index (χ1) is 13.4. The van der Waals surface area contributed by atoms with E-state index in [1.165, 1.54) is 15.6 Å². The summed E-state index contributed by atoms with van der Waals surface area (Å²) in [7, 11) is -3.25. The zero-order valence-electron chi connectivity index (χ0n) is 14.6. The summed E-state index contributed by atoms with van der Waals surface area (Å²) in [6.45, 7) is 0.472. The second-order valence-electron chi connectivity index (χ2n) is 6.29. The number of amides is 1. The molecular formula is C18H16BrN3O3S3. The smallest absolute Gasteiger partial charge is 0.235 e. The Morgan fingerprint density at radius 1 is 1.25 bits per heavy atom. The predicted molar refractivity (Wildman–Crippen MR) is 118 cm³/mol. The molecule has 0 spiro atoms. The minimum absolute atomic E-state index is 0.162. The molecule has 0 unspecified atom stereocenters.